The first-order valence-corrected chi connectivity index (χ1v) is 13.5. The van der Waals surface area contributed by atoms with Crippen molar-refractivity contribution in [1.29, 1.82) is 0 Å². The highest BCUT2D eigenvalue weighted by Crippen LogP contribution is 2.36. The molecule has 0 aliphatic carbocycles. The van der Waals surface area contributed by atoms with Gasteiger partial charge in [0.05, 0.1) is 17.3 Å². The minimum atomic E-state index is -4.60. The first-order chi connectivity index (χ1) is 18.4. The first-order valence-electron chi connectivity index (χ1n) is 12.0. The number of rotatable bonds is 7. The van der Waals surface area contributed by atoms with Gasteiger partial charge in [0, 0.05) is 36.2 Å². The monoisotopic (exact) mass is 562 g/mol. The number of aryl methyl sites for hydroxylation is 1. The number of hydrogen-bond donors (Lipinski definition) is 1. The molecule has 39 heavy (non-hydrogen) atoms. The largest absolute Gasteiger partial charge is 0.507 e. The molecule has 1 N–H and O–H groups in total. The molecule has 5 rings (SSSR count). The minimum Gasteiger partial charge on any atom is -0.507 e. The standard InChI is InChI=1S/C27H22F4N2O5S/c28-19-5-8-25-17(13-19)14-26(38-25)39(36,37)33-11-1-2-22(33)23(34)7-3-16-9-10-32-21(12-16)20-6-4-18(15-24(20)35)27(29,30)31/h4-6,8-10,12-15,22,35H,1-3,7,11H2/t22-/m0/s1. The van der Waals surface area contributed by atoms with Crippen LogP contribution in [0.5, 0.6) is 5.75 Å². The maximum atomic E-state index is 13.5. The van der Waals surface area contributed by atoms with Crippen LogP contribution in [-0.2, 0) is 27.4 Å². The summed E-state index contributed by atoms with van der Waals surface area (Å²) in [4.78, 5) is 17.2. The molecule has 1 aliphatic rings. The van der Waals surface area contributed by atoms with E-state index in [0.29, 0.717) is 29.9 Å². The number of Topliss-reactive ketones (excluding diaryl/α,β-unsaturated/α-hetero) is 1. The molecule has 3 heterocycles. The number of hydrogen-bond acceptors (Lipinski definition) is 6. The number of aromatic nitrogens is 1. The van der Waals surface area contributed by atoms with Crippen molar-refractivity contribution in [1.82, 2.24) is 9.29 Å². The van der Waals surface area contributed by atoms with Crippen molar-refractivity contribution < 1.29 is 40.3 Å². The van der Waals surface area contributed by atoms with E-state index in [0.717, 1.165) is 28.6 Å². The van der Waals surface area contributed by atoms with Gasteiger partial charge in [-0.1, -0.05) is 0 Å². The number of carbonyl (C=O) groups excluding carboxylic acids is 1. The number of phenolic OH excluding ortho intramolecular Hbond substituents is 1. The molecule has 204 valence electrons. The SMILES string of the molecule is O=C(CCc1ccnc(-c2ccc(C(F)(F)F)cc2O)c1)[C@@H]1CCCN1S(=O)(=O)c1cc2cc(F)ccc2o1. The van der Waals surface area contributed by atoms with Gasteiger partial charge >= 0.3 is 6.18 Å². The minimum absolute atomic E-state index is 0.00444. The van der Waals surface area contributed by atoms with E-state index in [1.54, 1.807) is 12.1 Å². The second kappa shape index (κ2) is 10.1. The first kappa shape index (κ1) is 26.8. The molecule has 0 bridgehead atoms. The Kier molecular flexibility index (Phi) is 6.93. The highest BCUT2D eigenvalue weighted by molar-refractivity contribution is 7.89. The number of alkyl halides is 3. The van der Waals surface area contributed by atoms with Crippen LogP contribution in [0.15, 0.2) is 70.3 Å². The molecule has 0 spiro atoms. The maximum Gasteiger partial charge on any atom is 0.416 e. The van der Waals surface area contributed by atoms with Crippen molar-refractivity contribution in [2.24, 2.45) is 0 Å². The molecule has 1 aliphatic heterocycles. The molecule has 0 amide bonds. The van der Waals surface area contributed by atoms with Gasteiger partial charge in [0.15, 0.2) is 5.78 Å². The molecule has 12 heteroatoms. The molecule has 0 unspecified atom stereocenters. The number of aromatic hydroxyl groups is 1. The lowest BCUT2D eigenvalue weighted by Crippen LogP contribution is -2.40. The number of benzene rings is 2. The fraction of sp³-hybridized carbons (Fsp3) is 0.259. The van der Waals surface area contributed by atoms with E-state index in [4.69, 9.17) is 4.42 Å². The van der Waals surface area contributed by atoms with Crippen molar-refractivity contribution in [2.75, 3.05) is 6.54 Å². The van der Waals surface area contributed by atoms with Crippen molar-refractivity contribution in [3.63, 3.8) is 0 Å². The van der Waals surface area contributed by atoms with Crippen LogP contribution in [0.25, 0.3) is 22.2 Å². The number of carbonyl (C=O) groups is 1. The lowest BCUT2D eigenvalue weighted by molar-refractivity contribution is -0.137. The van der Waals surface area contributed by atoms with Gasteiger partial charge in [0.25, 0.3) is 10.0 Å². The second-order valence-electron chi connectivity index (χ2n) is 9.27. The van der Waals surface area contributed by atoms with Crippen molar-refractivity contribution in [3.05, 3.63) is 77.7 Å². The molecule has 4 aromatic rings. The molecular weight excluding hydrogens is 540 g/mol. The summed E-state index contributed by atoms with van der Waals surface area (Å²) in [6, 6.07) is 9.81. The highest BCUT2D eigenvalue weighted by Gasteiger charge is 2.40. The molecule has 2 aromatic carbocycles. The number of halogens is 4. The van der Waals surface area contributed by atoms with Gasteiger partial charge in [-0.3, -0.25) is 9.78 Å². The lowest BCUT2D eigenvalue weighted by atomic mass is 10.0. The average molecular weight is 563 g/mol. The zero-order valence-electron chi connectivity index (χ0n) is 20.3. The Morgan fingerprint density at radius 3 is 2.64 bits per heavy atom. The zero-order valence-corrected chi connectivity index (χ0v) is 21.1. The number of pyridine rings is 1. The Labute approximate surface area is 220 Å². The number of ketones is 1. The van der Waals surface area contributed by atoms with Gasteiger partial charge in [0.2, 0.25) is 5.09 Å². The van der Waals surface area contributed by atoms with Crippen molar-refractivity contribution >= 4 is 26.8 Å². The fourth-order valence-corrected chi connectivity index (χ4v) is 6.35. The van der Waals surface area contributed by atoms with Crippen LogP contribution in [0.3, 0.4) is 0 Å². The number of fused-ring (bicyclic) bond motifs is 1. The van der Waals surface area contributed by atoms with E-state index in [9.17, 15) is 35.9 Å². The predicted molar refractivity (Wildman–Crippen MR) is 133 cm³/mol. The molecule has 2 aromatic heterocycles. The zero-order chi connectivity index (χ0) is 27.9. The smallest absolute Gasteiger partial charge is 0.416 e. The Bertz CT molecular complexity index is 1670. The van der Waals surface area contributed by atoms with Gasteiger partial charge in [-0.15, -0.1) is 0 Å². The van der Waals surface area contributed by atoms with Crippen LogP contribution < -0.4 is 0 Å². The van der Waals surface area contributed by atoms with E-state index >= 15 is 0 Å². The molecule has 1 saturated heterocycles. The summed E-state index contributed by atoms with van der Waals surface area (Å²) in [6.07, 6.45) is -2.13. The van der Waals surface area contributed by atoms with E-state index in [1.807, 2.05) is 0 Å². The second-order valence-corrected chi connectivity index (χ2v) is 11.1. The Morgan fingerprint density at radius 2 is 1.90 bits per heavy atom. The van der Waals surface area contributed by atoms with Gasteiger partial charge in [-0.2, -0.15) is 17.5 Å². The molecule has 7 nitrogen and oxygen atoms in total. The molecule has 1 fully saturated rings. The summed E-state index contributed by atoms with van der Waals surface area (Å²) in [5, 5.41) is 10.1. The number of phenols is 1. The van der Waals surface area contributed by atoms with E-state index in [1.165, 1.54) is 18.3 Å². The normalized spacial score (nSPS) is 16.7. The number of sulfonamides is 1. The summed E-state index contributed by atoms with van der Waals surface area (Å²) >= 11 is 0. The summed E-state index contributed by atoms with van der Waals surface area (Å²) < 4.78 is 85.4. The van der Waals surface area contributed by atoms with Crippen LogP contribution in [-0.4, -0.2) is 41.2 Å². The van der Waals surface area contributed by atoms with E-state index < -0.39 is 39.4 Å². The Hall–Kier alpha value is -3.77. The van der Waals surface area contributed by atoms with E-state index in [-0.39, 0.29) is 47.1 Å². The van der Waals surface area contributed by atoms with Gasteiger partial charge < -0.3 is 9.52 Å². The van der Waals surface area contributed by atoms with Gasteiger partial charge in [-0.05, 0) is 73.4 Å². The van der Waals surface area contributed by atoms with Crippen LogP contribution in [0.2, 0.25) is 0 Å². The Balaban J connectivity index is 1.30. The van der Waals surface area contributed by atoms with Crippen molar-refractivity contribution in [3.8, 4) is 17.0 Å². The third kappa shape index (κ3) is 5.39. The van der Waals surface area contributed by atoms with Crippen LogP contribution in [0.1, 0.15) is 30.4 Å². The third-order valence-corrected chi connectivity index (χ3v) is 8.44. The van der Waals surface area contributed by atoms with Gasteiger partial charge in [-0.25, -0.2) is 12.8 Å². The quantitative estimate of drug-likeness (QED) is 0.290. The Morgan fingerprint density at radius 1 is 1.10 bits per heavy atom. The summed E-state index contributed by atoms with van der Waals surface area (Å²) in [6.45, 7) is 0.136. The summed E-state index contributed by atoms with van der Waals surface area (Å²) in [7, 11) is -4.15. The van der Waals surface area contributed by atoms with Gasteiger partial charge in [0.1, 0.15) is 17.1 Å². The molecule has 0 saturated carbocycles. The number of nitrogens with zero attached hydrogens (tertiary/aromatic N) is 2. The number of furan rings is 1. The molecule has 0 radical (unpaired) electrons. The van der Waals surface area contributed by atoms with Crippen LogP contribution in [0.4, 0.5) is 17.6 Å². The van der Waals surface area contributed by atoms with Crippen LogP contribution >= 0.6 is 0 Å². The van der Waals surface area contributed by atoms with Crippen LogP contribution in [0, 0.1) is 5.82 Å². The maximum absolute atomic E-state index is 13.5. The predicted octanol–water partition coefficient (Wildman–Crippen LogP) is 5.71. The summed E-state index contributed by atoms with van der Waals surface area (Å²) in [5.74, 6) is -1.41. The lowest BCUT2D eigenvalue weighted by Gasteiger charge is -2.21. The van der Waals surface area contributed by atoms with E-state index in [2.05, 4.69) is 4.98 Å². The summed E-state index contributed by atoms with van der Waals surface area (Å²) in [5.41, 5.74) is 0.202. The molecule has 1 atom stereocenters. The molecular formula is C27H22F4N2O5S. The van der Waals surface area contributed by atoms with Crippen molar-refractivity contribution in [2.45, 2.75) is 43.0 Å². The highest BCUT2D eigenvalue weighted by atomic mass is 32.2. The topological polar surface area (TPSA) is 101 Å². The third-order valence-electron chi connectivity index (χ3n) is 6.68. The average Bonchev–Trinajstić information content (AvgIpc) is 3.55. The fourth-order valence-electron chi connectivity index (χ4n) is 4.72.